The number of methoxy groups -OCH3 is 2. The zero-order chi connectivity index (χ0) is 20.8. The van der Waals surface area contributed by atoms with E-state index in [1.165, 1.54) is 4.90 Å². The van der Waals surface area contributed by atoms with Crippen molar-refractivity contribution in [2.45, 2.75) is 0 Å². The third kappa shape index (κ3) is 4.75. The highest BCUT2D eigenvalue weighted by Gasteiger charge is 2.19. The number of amides is 1. The normalized spacial score (nSPS) is 10.8. The van der Waals surface area contributed by atoms with Crippen molar-refractivity contribution >= 4 is 5.91 Å². The summed E-state index contributed by atoms with van der Waals surface area (Å²) in [7, 11) is 7.31. The summed E-state index contributed by atoms with van der Waals surface area (Å²) in [5, 5.41) is 7.69. The summed E-state index contributed by atoms with van der Waals surface area (Å²) in [4.78, 5) is 14.2. The number of hydrogen-bond acceptors (Lipinski definition) is 4. The molecule has 0 aliphatic heterocycles. The van der Waals surface area contributed by atoms with Crippen molar-refractivity contribution in [3.05, 3.63) is 60.3 Å². The van der Waals surface area contributed by atoms with Crippen LogP contribution in [-0.4, -0.2) is 57.1 Å². The Labute approximate surface area is 170 Å². The number of carbonyl (C=O) groups excluding carboxylic acids is 1. The van der Waals surface area contributed by atoms with Gasteiger partial charge in [0.15, 0.2) is 0 Å². The predicted octanol–water partition coefficient (Wildman–Crippen LogP) is 1.43. The quantitative estimate of drug-likeness (QED) is 0.606. The van der Waals surface area contributed by atoms with Gasteiger partial charge in [0.2, 0.25) is 0 Å². The van der Waals surface area contributed by atoms with E-state index in [2.05, 4.69) is 19.4 Å². The first-order valence-electron chi connectivity index (χ1n) is 9.48. The van der Waals surface area contributed by atoms with Gasteiger partial charge in [-0.2, -0.15) is 5.10 Å². The van der Waals surface area contributed by atoms with Gasteiger partial charge in [-0.25, -0.2) is 4.68 Å². The second-order valence-electron chi connectivity index (χ2n) is 6.94. The van der Waals surface area contributed by atoms with E-state index in [1.54, 1.807) is 31.0 Å². The van der Waals surface area contributed by atoms with Crippen LogP contribution in [0.1, 0.15) is 10.5 Å². The first kappa shape index (κ1) is 20.4. The van der Waals surface area contributed by atoms with Crippen molar-refractivity contribution in [2.24, 2.45) is 0 Å². The highest BCUT2D eigenvalue weighted by atomic mass is 16.5. The van der Waals surface area contributed by atoms with Crippen LogP contribution in [-0.2, 0) is 0 Å². The molecule has 1 amide bonds. The van der Waals surface area contributed by atoms with Crippen molar-refractivity contribution in [1.82, 2.24) is 15.1 Å². The number of para-hydroxylation sites is 1. The van der Waals surface area contributed by atoms with E-state index >= 15 is 0 Å². The van der Waals surface area contributed by atoms with Crippen LogP contribution in [0, 0.1) is 0 Å². The highest BCUT2D eigenvalue weighted by Crippen LogP contribution is 2.33. The third-order valence-electron chi connectivity index (χ3n) is 4.54. The largest absolute Gasteiger partial charge is 0.497 e. The summed E-state index contributed by atoms with van der Waals surface area (Å²) in [5.74, 6) is 1.16. The number of nitrogens with one attached hydrogen (secondary N) is 2. The molecule has 0 radical (unpaired) electrons. The first-order chi connectivity index (χ1) is 14.0. The third-order valence-corrected chi connectivity index (χ3v) is 4.54. The molecule has 152 valence electrons. The van der Waals surface area contributed by atoms with Gasteiger partial charge < -0.3 is 19.7 Å². The topological polar surface area (TPSA) is 69.8 Å². The van der Waals surface area contributed by atoms with Gasteiger partial charge >= 0.3 is 0 Å². The van der Waals surface area contributed by atoms with Gasteiger partial charge in [0, 0.05) is 11.6 Å². The van der Waals surface area contributed by atoms with Crippen LogP contribution in [0.15, 0.2) is 54.6 Å². The summed E-state index contributed by atoms with van der Waals surface area (Å²) in [6.07, 6.45) is 0. The number of aromatic nitrogens is 2. The minimum Gasteiger partial charge on any atom is -0.497 e. The van der Waals surface area contributed by atoms with Crippen molar-refractivity contribution < 1.29 is 19.2 Å². The standard InChI is InChI=1S/C22H26N4O3/c1-25(2)13-12-23-22(27)20-15-19(24-26(20)16-8-6-5-7-9-16)18-11-10-17(28-3)14-21(18)29-4/h5-11,14-15H,12-13H2,1-4H3,(H,23,27)/p+1. The van der Waals surface area contributed by atoms with Gasteiger partial charge in [-0.15, -0.1) is 0 Å². The number of carbonyl (C=O) groups is 1. The fourth-order valence-electron chi connectivity index (χ4n) is 2.97. The lowest BCUT2D eigenvalue weighted by molar-refractivity contribution is -0.856. The number of nitrogens with zero attached hydrogens (tertiary/aromatic N) is 2. The molecule has 0 fully saturated rings. The zero-order valence-electron chi connectivity index (χ0n) is 17.2. The van der Waals surface area contributed by atoms with Crippen LogP contribution < -0.4 is 19.7 Å². The number of rotatable bonds is 8. The molecule has 0 saturated heterocycles. The van der Waals surface area contributed by atoms with E-state index in [-0.39, 0.29) is 5.91 Å². The summed E-state index contributed by atoms with van der Waals surface area (Å²) in [6, 6.07) is 16.9. The average Bonchev–Trinajstić information content (AvgIpc) is 3.19. The summed E-state index contributed by atoms with van der Waals surface area (Å²) in [5.41, 5.74) is 2.72. The number of hydrogen-bond donors (Lipinski definition) is 2. The average molecular weight is 395 g/mol. The van der Waals surface area contributed by atoms with E-state index in [1.807, 2.05) is 42.5 Å². The van der Waals surface area contributed by atoms with Crippen molar-refractivity contribution in [2.75, 3.05) is 41.4 Å². The van der Waals surface area contributed by atoms with Gasteiger partial charge in [0.25, 0.3) is 5.91 Å². The molecule has 3 rings (SSSR count). The lowest BCUT2D eigenvalue weighted by Gasteiger charge is -2.10. The minimum absolute atomic E-state index is 0.165. The Kier molecular flexibility index (Phi) is 6.51. The van der Waals surface area contributed by atoms with Gasteiger partial charge in [-0.3, -0.25) is 4.79 Å². The molecule has 0 aliphatic rings. The molecule has 0 aliphatic carbocycles. The SMILES string of the molecule is COc1ccc(-c2cc(C(=O)NCC[NH+](C)C)n(-c3ccccc3)n2)c(OC)c1. The summed E-state index contributed by atoms with van der Waals surface area (Å²) >= 11 is 0. The van der Waals surface area contributed by atoms with Crippen LogP contribution in [0.5, 0.6) is 11.5 Å². The first-order valence-corrected chi connectivity index (χ1v) is 9.48. The van der Waals surface area contributed by atoms with E-state index < -0.39 is 0 Å². The molecule has 0 unspecified atom stereocenters. The Bertz CT molecular complexity index is 967. The number of ether oxygens (including phenoxy) is 2. The molecular formula is C22H27N4O3+. The number of likely N-dealkylation sites (N-methyl/N-ethyl adjacent to an activating group) is 1. The molecule has 7 heteroatoms. The molecule has 1 heterocycles. The minimum atomic E-state index is -0.165. The Morgan fingerprint density at radius 2 is 1.83 bits per heavy atom. The maximum absolute atomic E-state index is 12.9. The molecule has 0 bridgehead atoms. The maximum atomic E-state index is 12.9. The molecular weight excluding hydrogens is 368 g/mol. The van der Waals surface area contributed by atoms with E-state index in [4.69, 9.17) is 14.6 Å². The lowest BCUT2D eigenvalue weighted by Crippen LogP contribution is -3.06. The van der Waals surface area contributed by atoms with Crippen molar-refractivity contribution in [1.29, 1.82) is 0 Å². The van der Waals surface area contributed by atoms with E-state index in [0.29, 0.717) is 29.4 Å². The monoisotopic (exact) mass is 395 g/mol. The molecule has 0 atom stereocenters. The number of benzene rings is 2. The van der Waals surface area contributed by atoms with E-state index in [0.717, 1.165) is 17.8 Å². The molecule has 2 N–H and O–H groups in total. The van der Waals surface area contributed by atoms with Gasteiger partial charge in [0.1, 0.15) is 17.2 Å². The second kappa shape index (κ2) is 9.25. The molecule has 0 saturated carbocycles. The maximum Gasteiger partial charge on any atom is 0.270 e. The van der Waals surface area contributed by atoms with Crippen molar-refractivity contribution in [3.63, 3.8) is 0 Å². The van der Waals surface area contributed by atoms with Crippen LogP contribution in [0.2, 0.25) is 0 Å². The highest BCUT2D eigenvalue weighted by molar-refractivity contribution is 5.94. The van der Waals surface area contributed by atoms with Gasteiger partial charge in [0.05, 0.1) is 52.8 Å². The smallest absolute Gasteiger partial charge is 0.270 e. The lowest BCUT2D eigenvalue weighted by atomic mass is 10.1. The molecule has 3 aromatic rings. The molecule has 1 aromatic heterocycles. The zero-order valence-corrected chi connectivity index (χ0v) is 17.2. The Morgan fingerprint density at radius 3 is 2.48 bits per heavy atom. The van der Waals surface area contributed by atoms with Crippen LogP contribution in [0.4, 0.5) is 0 Å². The summed E-state index contributed by atoms with van der Waals surface area (Å²) in [6.45, 7) is 1.42. The van der Waals surface area contributed by atoms with Crippen LogP contribution in [0.3, 0.4) is 0 Å². The predicted molar refractivity (Wildman–Crippen MR) is 112 cm³/mol. The molecule has 7 nitrogen and oxygen atoms in total. The Balaban J connectivity index is 2.02. The van der Waals surface area contributed by atoms with Crippen molar-refractivity contribution in [3.8, 4) is 28.4 Å². The molecule has 2 aromatic carbocycles. The van der Waals surface area contributed by atoms with E-state index in [9.17, 15) is 4.79 Å². The van der Waals surface area contributed by atoms with Gasteiger partial charge in [-0.1, -0.05) is 18.2 Å². The fourth-order valence-corrected chi connectivity index (χ4v) is 2.97. The summed E-state index contributed by atoms with van der Waals surface area (Å²) < 4.78 is 12.5. The number of quaternary nitrogens is 1. The Hall–Kier alpha value is -3.32. The second-order valence-corrected chi connectivity index (χ2v) is 6.94. The van der Waals surface area contributed by atoms with Crippen LogP contribution in [0.25, 0.3) is 16.9 Å². The van der Waals surface area contributed by atoms with Crippen LogP contribution >= 0.6 is 0 Å². The molecule has 29 heavy (non-hydrogen) atoms. The fraction of sp³-hybridized carbons (Fsp3) is 0.273. The van der Waals surface area contributed by atoms with Gasteiger partial charge in [-0.05, 0) is 30.3 Å². The molecule has 0 spiro atoms. The Morgan fingerprint density at radius 1 is 1.07 bits per heavy atom.